The van der Waals surface area contributed by atoms with Crippen LogP contribution < -0.4 is 5.32 Å². The van der Waals surface area contributed by atoms with Crippen LogP contribution in [0.4, 0.5) is 0 Å². The zero-order valence-corrected chi connectivity index (χ0v) is 10.6. The zero-order chi connectivity index (χ0) is 11.4. The molecule has 0 amide bonds. The molecule has 16 heavy (non-hydrogen) atoms. The summed E-state index contributed by atoms with van der Waals surface area (Å²) in [5, 5.41) is 4.36. The van der Waals surface area contributed by atoms with Gasteiger partial charge in [0.25, 0.3) is 0 Å². The van der Waals surface area contributed by atoms with Crippen LogP contribution in [0.5, 0.6) is 0 Å². The monoisotopic (exact) mass is 237 g/mol. The summed E-state index contributed by atoms with van der Waals surface area (Å²) in [7, 11) is 0. The van der Waals surface area contributed by atoms with Gasteiger partial charge in [-0.15, -0.1) is 0 Å². The molecule has 2 rings (SSSR count). The van der Waals surface area contributed by atoms with Gasteiger partial charge >= 0.3 is 0 Å². The van der Waals surface area contributed by atoms with Gasteiger partial charge in [0.2, 0.25) is 0 Å². The van der Waals surface area contributed by atoms with Crippen molar-refractivity contribution >= 4 is 11.6 Å². The van der Waals surface area contributed by atoms with E-state index in [-0.39, 0.29) is 0 Å². The smallest absolute Gasteiger partial charge is 0.0408 e. The van der Waals surface area contributed by atoms with Crippen molar-refractivity contribution in [1.29, 1.82) is 0 Å². The van der Waals surface area contributed by atoms with Crippen LogP contribution in [0.2, 0.25) is 5.02 Å². The predicted molar refractivity (Wildman–Crippen MR) is 70.1 cm³/mol. The molecule has 1 fully saturated rings. The third-order valence-corrected chi connectivity index (χ3v) is 3.86. The maximum absolute atomic E-state index is 6.07. The van der Waals surface area contributed by atoms with Gasteiger partial charge in [-0.2, -0.15) is 0 Å². The van der Waals surface area contributed by atoms with Crippen LogP contribution in [-0.2, 0) is 0 Å². The summed E-state index contributed by atoms with van der Waals surface area (Å²) >= 11 is 6.07. The molecular weight excluding hydrogens is 218 g/mol. The lowest BCUT2D eigenvalue weighted by atomic mass is 9.80. The Morgan fingerprint density at radius 1 is 1.50 bits per heavy atom. The number of nitrogens with one attached hydrogen (secondary N) is 1. The van der Waals surface area contributed by atoms with Crippen LogP contribution in [0, 0.1) is 5.92 Å². The molecule has 1 aliphatic rings. The molecule has 1 heterocycles. The molecular formula is C14H20ClN. The van der Waals surface area contributed by atoms with Crippen LogP contribution in [0.25, 0.3) is 0 Å². The second-order valence-corrected chi connectivity index (χ2v) is 5.11. The number of rotatable bonds is 3. The number of halogens is 1. The van der Waals surface area contributed by atoms with Gasteiger partial charge in [0, 0.05) is 5.02 Å². The summed E-state index contributed by atoms with van der Waals surface area (Å²) in [5.41, 5.74) is 1.41. The lowest BCUT2D eigenvalue weighted by molar-refractivity contribution is 0.316. The maximum atomic E-state index is 6.07. The Kier molecular flexibility index (Phi) is 4.25. The number of hydrogen-bond donors (Lipinski definition) is 1. The lowest BCUT2D eigenvalue weighted by Crippen LogP contribution is -2.33. The van der Waals surface area contributed by atoms with E-state index in [1.165, 1.54) is 31.4 Å². The van der Waals surface area contributed by atoms with Crippen molar-refractivity contribution in [2.24, 2.45) is 5.92 Å². The van der Waals surface area contributed by atoms with Gasteiger partial charge in [-0.05, 0) is 61.9 Å². The minimum atomic E-state index is 0.659. The highest BCUT2D eigenvalue weighted by Crippen LogP contribution is 2.33. The van der Waals surface area contributed by atoms with Crippen molar-refractivity contribution in [2.75, 3.05) is 13.1 Å². The first-order chi connectivity index (χ1) is 7.81. The minimum Gasteiger partial charge on any atom is -0.316 e. The van der Waals surface area contributed by atoms with Gasteiger partial charge in [-0.25, -0.2) is 0 Å². The number of piperidine rings is 1. The molecule has 0 aliphatic carbocycles. The largest absolute Gasteiger partial charge is 0.316 e. The zero-order valence-electron chi connectivity index (χ0n) is 9.88. The Morgan fingerprint density at radius 3 is 3.00 bits per heavy atom. The highest BCUT2D eigenvalue weighted by Gasteiger charge is 2.23. The van der Waals surface area contributed by atoms with Crippen molar-refractivity contribution in [1.82, 2.24) is 5.32 Å². The second-order valence-electron chi connectivity index (χ2n) is 4.68. The highest BCUT2D eigenvalue weighted by molar-refractivity contribution is 6.30. The van der Waals surface area contributed by atoms with E-state index < -0.39 is 0 Å². The van der Waals surface area contributed by atoms with E-state index in [9.17, 15) is 0 Å². The number of hydrogen-bond acceptors (Lipinski definition) is 1. The van der Waals surface area contributed by atoms with Crippen LogP contribution in [0.15, 0.2) is 24.3 Å². The fourth-order valence-corrected chi connectivity index (χ4v) is 3.00. The van der Waals surface area contributed by atoms with E-state index >= 15 is 0 Å². The molecule has 0 radical (unpaired) electrons. The van der Waals surface area contributed by atoms with Gasteiger partial charge in [0.05, 0.1) is 0 Å². The quantitative estimate of drug-likeness (QED) is 0.843. The molecule has 1 aromatic carbocycles. The first-order valence-electron chi connectivity index (χ1n) is 6.27. The molecule has 1 nitrogen and oxygen atoms in total. The fourth-order valence-electron chi connectivity index (χ4n) is 2.80. The summed E-state index contributed by atoms with van der Waals surface area (Å²) in [5.74, 6) is 1.43. The molecule has 88 valence electrons. The van der Waals surface area contributed by atoms with Gasteiger partial charge in [-0.1, -0.05) is 30.7 Å². The average Bonchev–Trinajstić information content (AvgIpc) is 2.31. The van der Waals surface area contributed by atoms with E-state index in [0.29, 0.717) is 5.92 Å². The summed E-state index contributed by atoms with van der Waals surface area (Å²) in [6.07, 6.45) is 3.85. The van der Waals surface area contributed by atoms with E-state index in [4.69, 9.17) is 11.6 Å². The standard InChI is InChI=1S/C14H20ClN/c1-2-14(12-6-4-8-16-10-12)11-5-3-7-13(15)9-11/h3,5,7,9,12,14,16H,2,4,6,8,10H2,1H3. The summed E-state index contributed by atoms with van der Waals surface area (Å²) < 4.78 is 0. The van der Waals surface area contributed by atoms with Gasteiger partial charge in [-0.3, -0.25) is 0 Å². The van der Waals surface area contributed by atoms with Crippen molar-refractivity contribution in [3.8, 4) is 0 Å². The SMILES string of the molecule is CCC(c1cccc(Cl)c1)C1CCCNC1. The summed E-state index contributed by atoms with van der Waals surface area (Å²) in [6, 6.07) is 8.37. The van der Waals surface area contributed by atoms with E-state index in [2.05, 4.69) is 30.4 Å². The fraction of sp³-hybridized carbons (Fsp3) is 0.571. The van der Waals surface area contributed by atoms with E-state index in [1.807, 2.05) is 6.07 Å². The third-order valence-electron chi connectivity index (χ3n) is 3.62. The predicted octanol–water partition coefficient (Wildman–Crippen LogP) is 3.83. The first kappa shape index (κ1) is 11.9. The topological polar surface area (TPSA) is 12.0 Å². The van der Waals surface area contributed by atoms with Crippen LogP contribution in [0.1, 0.15) is 37.7 Å². The Bertz CT molecular complexity index is 331. The Balaban J connectivity index is 2.14. The molecule has 2 unspecified atom stereocenters. The first-order valence-corrected chi connectivity index (χ1v) is 6.65. The Labute approximate surface area is 103 Å². The van der Waals surface area contributed by atoms with Crippen LogP contribution >= 0.6 is 11.6 Å². The minimum absolute atomic E-state index is 0.659. The average molecular weight is 238 g/mol. The molecule has 1 aromatic rings. The number of benzene rings is 1. The van der Waals surface area contributed by atoms with Gasteiger partial charge in [0.15, 0.2) is 0 Å². The lowest BCUT2D eigenvalue weighted by Gasteiger charge is -2.30. The second kappa shape index (κ2) is 5.70. The highest BCUT2D eigenvalue weighted by atomic mass is 35.5. The van der Waals surface area contributed by atoms with E-state index in [0.717, 1.165) is 17.5 Å². The van der Waals surface area contributed by atoms with Gasteiger partial charge < -0.3 is 5.32 Å². The third kappa shape index (κ3) is 2.78. The normalized spacial score (nSPS) is 23.0. The molecule has 2 heteroatoms. The van der Waals surface area contributed by atoms with Crippen molar-refractivity contribution < 1.29 is 0 Å². The van der Waals surface area contributed by atoms with Crippen molar-refractivity contribution in [2.45, 2.75) is 32.1 Å². The molecule has 1 saturated heterocycles. The van der Waals surface area contributed by atoms with Crippen molar-refractivity contribution in [3.05, 3.63) is 34.9 Å². The van der Waals surface area contributed by atoms with Crippen LogP contribution in [-0.4, -0.2) is 13.1 Å². The van der Waals surface area contributed by atoms with Crippen LogP contribution in [0.3, 0.4) is 0 Å². The molecule has 1 N–H and O–H groups in total. The molecule has 0 spiro atoms. The summed E-state index contributed by atoms with van der Waals surface area (Å²) in [6.45, 7) is 4.62. The Hall–Kier alpha value is -0.530. The van der Waals surface area contributed by atoms with Gasteiger partial charge in [0.1, 0.15) is 0 Å². The van der Waals surface area contributed by atoms with Crippen molar-refractivity contribution in [3.63, 3.8) is 0 Å². The summed E-state index contributed by atoms with van der Waals surface area (Å²) in [4.78, 5) is 0. The molecule has 0 bridgehead atoms. The molecule has 2 atom stereocenters. The Morgan fingerprint density at radius 2 is 2.38 bits per heavy atom. The maximum Gasteiger partial charge on any atom is 0.0408 e. The molecule has 0 aromatic heterocycles. The molecule has 0 saturated carbocycles. The van der Waals surface area contributed by atoms with E-state index in [1.54, 1.807) is 0 Å². The molecule has 1 aliphatic heterocycles.